The molecule has 5 aromatic rings. The van der Waals surface area contributed by atoms with Crippen LogP contribution in [0.4, 0.5) is 0 Å². The van der Waals surface area contributed by atoms with Crippen molar-refractivity contribution in [3.63, 3.8) is 0 Å². The molecule has 5 N–H and O–H groups in total. The molecule has 36 heavy (non-hydrogen) atoms. The molecule has 5 rings (SSSR count). The van der Waals surface area contributed by atoms with E-state index in [1.54, 1.807) is 42.5 Å². The first-order chi connectivity index (χ1) is 17.4. The van der Waals surface area contributed by atoms with Crippen molar-refractivity contribution in [1.82, 2.24) is 0 Å². The standard InChI is InChI=1S/C31H26O5/c32-24-8-1-19(2-9-24)15-23-18-22-7-14-29(35)27(16-20-3-10-25(33)11-4-20)30(22)28(31(23)36)17-21-5-12-26(34)13-6-21/h1-14,18,32-36H,15-17H2. The maximum absolute atomic E-state index is 11.5. The summed E-state index contributed by atoms with van der Waals surface area (Å²) in [6.45, 7) is 0. The second-order valence-electron chi connectivity index (χ2n) is 9.05. The molecule has 5 aromatic carbocycles. The van der Waals surface area contributed by atoms with Gasteiger partial charge in [0, 0.05) is 30.4 Å². The fraction of sp³-hybridized carbons (Fsp3) is 0.0968. The molecule has 0 bridgehead atoms. The fourth-order valence-electron chi connectivity index (χ4n) is 4.66. The molecule has 180 valence electrons. The van der Waals surface area contributed by atoms with Crippen LogP contribution in [-0.2, 0) is 19.3 Å². The quantitative estimate of drug-likeness (QED) is 0.202. The van der Waals surface area contributed by atoms with Crippen LogP contribution in [-0.4, -0.2) is 25.5 Å². The number of hydrogen-bond donors (Lipinski definition) is 5. The van der Waals surface area contributed by atoms with Crippen molar-refractivity contribution in [1.29, 1.82) is 0 Å². The molecule has 0 aliphatic heterocycles. The summed E-state index contributed by atoms with van der Waals surface area (Å²) < 4.78 is 0. The molecule has 0 radical (unpaired) electrons. The summed E-state index contributed by atoms with van der Waals surface area (Å²) in [6, 6.07) is 26.1. The molecule has 0 saturated carbocycles. The van der Waals surface area contributed by atoms with Crippen molar-refractivity contribution in [3.8, 4) is 28.7 Å². The lowest BCUT2D eigenvalue weighted by Gasteiger charge is -2.18. The molecular formula is C31H26O5. The van der Waals surface area contributed by atoms with Gasteiger partial charge in [0.25, 0.3) is 0 Å². The smallest absolute Gasteiger partial charge is 0.123 e. The molecule has 0 amide bonds. The molecule has 0 aliphatic rings. The van der Waals surface area contributed by atoms with E-state index in [4.69, 9.17) is 0 Å². The highest BCUT2D eigenvalue weighted by Gasteiger charge is 2.19. The second-order valence-corrected chi connectivity index (χ2v) is 9.05. The van der Waals surface area contributed by atoms with Crippen LogP contribution in [0.1, 0.15) is 33.4 Å². The predicted octanol–water partition coefficient (Wildman–Crippen LogP) is 6.14. The average Bonchev–Trinajstić information content (AvgIpc) is 2.87. The zero-order chi connectivity index (χ0) is 25.2. The van der Waals surface area contributed by atoms with E-state index in [1.165, 1.54) is 0 Å². The molecule has 0 aromatic heterocycles. The Hall–Kier alpha value is -4.64. The van der Waals surface area contributed by atoms with Crippen molar-refractivity contribution in [2.75, 3.05) is 0 Å². The SMILES string of the molecule is Oc1ccc(Cc2cc3ccc(O)c(Cc4ccc(O)cc4)c3c(Cc3ccc(O)cc3)c2O)cc1. The van der Waals surface area contributed by atoms with Gasteiger partial charge in [0.05, 0.1) is 0 Å². The van der Waals surface area contributed by atoms with Gasteiger partial charge in [-0.15, -0.1) is 0 Å². The van der Waals surface area contributed by atoms with Gasteiger partial charge in [-0.05, 0) is 81.6 Å². The molecule has 0 spiro atoms. The van der Waals surface area contributed by atoms with Gasteiger partial charge in [0.15, 0.2) is 0 Å². The van der Waals surface area contributed by atoms with E-state index in [0.717, 1.165) is 33.0 Å². The minimum atomic E-state index is 0.133. The molecule has 0 heterocycles. The summed E-state index contributed by atoms with van der Waals surface area (Å²) in [5.74, 6) is 0.809. The summed E-state index contributed by atoms with van der Waals surface area (Å²) in [6.07, 6.45) is 1.29. The van der Waals surface area contributed by atoms with Crippen molar-refractivity contribution in [2.45, 2.75) is 19.3 Å². The van der Waals surface area contributed by atoms with Gasteiger partial charge in [0.2, 0.25) is 0 Å². The van der Waals surface area contributed by atoms with Crippen molar-refractivity contribution < 1.29 is 25.5 Å². The van der Waals surface area contributed by atoms with Crippen molar-refractivity contribution in [2.24, 2.45) is 0 Å². The molecular weight excluding hydrogens is 452 g/mol. The van der Waals surface area contributed by atoms with Crippen LogP contribution in [0.5, 0.6) is 28.7 Å². The summed E-state index contributed by atoms with van der Waals surface area (Å²) >= 11 is 0. The van der Waals surface area contributed by atoms with Gasteiger partial charge in [-0.3, -0.25) is 0 Å². The lowest BCUT2D eigenvalue weighted by molar-refractivity contribution is 0.463. The second kappa shape index (κ2) is 9.55. The molecule has 5 nitrogen and oxygen atoms in total. The number of fused-ring (bicyclic) bond motifs is 1. The third-order valence-electron chi connectivity index (χ3n) is 6.51. The van der Waals surface area contributed by atoms with Gasteiger partial charge in [0.1, 0.15) is 28.7 Å². The number of phenols is 5. The Morgan fingerprint density at radius 3 is 1.39 bits per heavy atom. The van der Waals surface area contributed by atoms with E-state index in [9.17, 15) is 25.5 Å². The van der Waals surface area contributed by atoms with E-state index in [1.807, 2.05) is 48.5 Å². The minimum Gasteiger partial charge on any atom is -0.508 e. The maximum atomic E-state index is 11.5. The normalized spacial score (nSPS) is 11.1. The lowest BCUT2D eigenvalue weighted by atomic mass is 9.88. The topological polar surface area (TPSA) is 101 Å². The third-order valence-corrected chi connectivity index (χ3v) is 6.51. The highest BCUT2D eigenvalue weighted by Crippen LogP contribution is 2.40. The number of benzene rings is 5. The largest absolute Gasteiger partial charge is 0.508 e. The molecule has 0 fully saturated rings. The van der Waals surface area contributed by atoms with E-state index in [2.05, 4.69) is 0 Å². The van der Waals surface area contributed by atoms with Gasteiger partial charge < -0.3 is 25.5 Å². The van der Waals surface area contributed by atoms with Crippen LogP contribution in [0.3, 0.4) is 0 Å². The van der Waals surface area contributed by atoms with E-state index < -0.39 is 0 Å². The molecule has 0 saturated heterocycles. The first-order valence-electron chi connectivity index (χ1n) is 11.7. The minimum absolute atomic E-state index is 0.133. The summed E-state index contributed by atoms with van der Waals surface area (Å²) in [7, 11) is 0. The van der Waals surface area contributed by atoms with Gasteiger partial charge in [-0.2, -0.15) is 0 Å². The molecule has 0 aliphatic carbocycles. The van der Waals surface area contributed by atoms with Gasteiger partial charge in [-0.25, -0.2) is 0 Å². The highest BCUT2D eigenvalue weighted by molar-refractivity contribution is 5.94. The Balaban J connectivity index is 1.68. The van der Waals surface area contributed by atoms with Crippen LogP contribution in [0, 0.1) is 0 Å². The third kappa shape index (κ3) is 4.77. The van der Waals surface area contributed by atoms with Crippen molar-refractivity contribution >= 4 is 10.8 Å². The highest BCUT2D eigenvalue weighted by atomic mass is 16.3. The summed E-state index contributed by atoms with van der Waals surface area (Å²) in [4.78, 5) is 0. The van der Waals surface area contributed by atoms with Gasteiger partial charge >= 0.3 is 0 Å². The maximum Gasteiger partial charge on any atom is 0.123 e. The fourth-order valence-corrected chi connectivity index (χ4v) is 4.66. The van der Waals surface area contributed by atoms with Crippen molar-refractivity contribution in [3.05, 3.63) is 124 Å². The number of hydrogen-bond acceptors (Lipinski definition) is 5. The van der Waals surface area contributed by atoms with Crippen LogP contribution in [0.15, 0.2) is 91.0 Å². The summed E-state index contributed by atoms with van der Waals surface area (Å²) in [5.41, 5.74) is 4.89. The summed E-state index contributed by atoms with van der Waals surface area (Å²) in [5, 5.41) is 53.1. The Bertz CT molecular complexity index is 1520. The molecule has 0 atom stereocenters. The van der Waals surface area contributed by atoms with Crippen LogP contribution in [0.25, 0.3) is 10.8 Å². The van der Waals surface area contributed by atoms with Crippen LogP contribution < -0.4 is 0 Å². The first kappa shape index (κ1) is 23.1. The zero-order valence-corrected chi connectivity index (χ0v) is 19.5. The Labute approximate surface area is 208 Å². The predicted molar refractivity (Wildman–Crippen MR) is 140 cm³/mol. The van der Waals surface area contributed by atoms with Crippen LogP contribution >= 0.6 is 0 Å². The molecule has 0 unspecified atom stereocenters. The van der Waals surface area contributed by atoms with E-state index in [-0.39, 0.29) is 28.7 Å². The van der Waals surface area contributed by atoms with E-state index in [0.29, 0.717) is 30.4 Å². The Morgan fingerprint density at radius 1 is 0.444 bits per heavy atom. The zero-order valence-electron chi connectivity index (χ0n) is 19.5. The number of phenolic OH excluding ortho intramolecular Hbond substituents is 5. The van der Waals surface area contributed by atoms with Crippen LogP contribution in [0.2, 0.25) is 0 Å². The van der Waals surface area contributed by atoms with Gasteiger partial charge in [-0.1, -0.05) is 42.5 Å². The Morgan fingerprint density at radius 2 is 0.889 bits per heavy atom. The lowest BCUT2D eigenvalue weighted by Crippen LogP contribution is -2.00. The Kier molecular flexibility index (Phi) is 6.13. The first-order valence-corrected chi connectivity index (χ1v) is 11.7. The molecule has 5 heteroatoms. The monoisotopic (exact) mass is 478 g/mol. The number of rotatable bonds is 6. The van der Waals surface area contributed by atoms with E-state index >= 15 is 0 Å². The average molecular weight is 479 g/mol. The number of aromatic hydroxyl groups is 5.